The lowest BCUT2D eigenvalue weighted by atomic mass is 9.97. The minimum absolute atomic E-state index is 0.122. The van der Waals surface area contributed by atoms with Gasteiger partial charge in [-0.3, -0.25) is 9.69 Å². The first-order valence-corrected chi connectivity index (χ1v) is 10.5. The summed E-state index contributed by atoms with van der Waals surface area (Å²) in [5, 5.41) is 3.13. The molecule has 29 heavy (non-hydrogen) atoms. The van der Waals surface area contributed by atoms with Crippen molar-refractivity contribution in [2.75, 3.05) is 51.3 Å². The summed E-state index contributed by atoms with van der Waals surface area (Å²) in [5.74, 6) is 1.33. The largest absolute Gasteiger partial charge is 0.495 e. The number of nitrogens with zero attached hydrogens (tertiary/aromatic N) is 2. The molecule has 1 saturated heterocycles. The van der Waals surface area contributed by atoms with Crippen LogP contribution in [0.1, 0.15) is 25.3 Å². The predicted molar refractivity (Wildman–Crippen MR) is 119 cm³/mol. The maximum Gasteiger partial charge on any atom is 0.228 e. The number of benzene rings is 2. The summed E-state index contributed by atoms with van der Waals surface area (Å²) >= 11 is 0. The SMILES string of the molecule is COc1ccccc1N1CCN(CC(C(=O)NCC(C)C)c2ccccc2)CC1. The number of hydrogen-bond donors (Lipinski definition) is 1. The monoisotopic (exact) mass is 395 g/mol. The van der Waals surface area contributed by atoms with E-state index in [4.69, 9.17) is 4.74 Å². The molecule has 0 saturated carbocycles. The molecule has 2 aromatic carbocycles. The summed E-state index contributed by atoms with van der Waals surface area (Å²) in [6.45, 7) is 9.41. The Morgan fingerprint density at radius 1 is 1.00 bits per heavy atom. The van der Waals surface area contributed by atoms with E-state index < -0.39 is 0 Å². The van der Waals surface area contributed by atoms with Crippen LogP contribution in [0.3, 0.4) is 0 Å². The normalized spacial score (nSPS) is 15.9. The van der Waals surface area contributed by atoms with Crippen LogP contribution >= 0.6 is 0 Å². The van der Waals surface area contributed by atoms with E-state index in [1.807, 2.05) is 30.3 Å². The van der Waals surface area contributed by atoms with E-state index in [-0.39, 0.29) is 11.8 Å². The van der Waals surface area contributed by atoms with E-state index in [9.17, 15) is 4.79 Å². The van der Waals surface area contributed by atoms with Crippen molar-refractivity contribution in [2.45, 2.75) is 19.8 Å². The molecule has 1 aliphatic heterocycles. The Labute approximate surface area is 174 Å². The van der Waals surface area contributed by atoms with Gasteiger partial charge in [-0.15, -0.1) is 0 Å². The van der Waals surface area contributed by atoms with Crippen LogP contribution in [-0.4, -0.2) is 57.2 Å². The number of rotatable bonds is 8. The fourth-order valence-electron chi connectivity index (χ4n) is 3.77. The second kappa shape index (κ2) is 10.3. The molecule has 1 heterocycles. The van der Waals surface area contributed by atoms with Gasteiger partial charge in [0.25, 0.3) is 0 Å². The van der Waals surface area contributed by atoms with Crippen LogP contribution < -0.4 is 15.0 Å². The number of ether oxygens (including phenoxy) is 1. The van der Waals surface area contributed by atoms with Gasteiger partial charge in [0.1, 0.15) is 5.75 Å². The summed E-state index contributed by atoms with van der Waals surface area (Å²) in [7, 11) is 1.72. The molecular formula is C24H33N3O2. The number of para-hydroxylation sites is 2. The molecule has 156 valence electrons. The standard InChI is InChI=1S/C24H33N3O2/c1-19(2)17-25-24(28)21(20-9-5-4-6-10-20)18-26-13-15-27(16-14-26)22-11-7-8-12-23(22)29-3/h4-12,19,21H,13-18H2,1-3H3,(H,25,28). The van der Waals surface area contributed by atoms with Gasteiger partial charge >= 0.3 is 0 Å². The van der Waals surface area contributed by atoms with Gasteiger partial charge in [-0.1, -0.05) is 56.3 Å². The van der Waals surface area contributed by atoms with E-state index in [0.717, 1.165) is 49.7 Å². The first-order chi connectivity index (χ1) is 14.1. The van der Waals surface area contributed by atoms with Gasteiger partial charge in [-0.2, -0.15) is 0 Å². The van der Waals surface area contributed by atoms with Gasteiger partial charge in [0.15, 0.2) is 0 Å². The first-order valence-electron chi connectivity index (χ1n) is 10.5. The zero-order chi connectivity index (χ0) is 20.6. The third-order valence-electron chi connectivity index (χ3n) is 5.44. The predicted octanol–water partition coefficient (Wildman–Crippen LogP) is 3.37. The highest BCUT2D eigenvalue weighted by Crippen LogP contribution is 2.28. The van der Waals surface area contributed by atoms with Crippen molar-refractivity contribution in [1.29, 1.82) is 0 Å². The summed E-state index contributed by atoms with van der Waals surface area (Å²) in [6.07, 6.45) is 0. The molecule has 0 bridgehead atoms. The molecule has 0 radical (unpaired) electrons. The number of anilines is 1. The van der Waals surface area contributed by atoms with Crippen LogP contribution in [0.25, 0.3) is 0 Å². The van der Waals surface area contributed by atoms with Gasteiger partial charge in [-0.05, 0) is 23.6 Å². The summed E-state index contributed by atoms with van der Waals surface area (Å²) in [5.41, 5.74) is 2.23. The first kappa shape index (κ1) is 21.2. The molecule has 0 aliphatic carbocycles. The number of carbonyl (C=O) groups is 1. The van der Waals surface area contributed by atoms with E-state index in [1.165, 1.54) is 0 Å². The van der Waals surface area contributed by atoms with Crippen molar-refractivity contribution in [2.24, 2.45) is 5.92 Å². The third kappa shape index (κ3) is 5.73. The van der Waals surface area contributed by atoms with Crippen molar-refractivity contribution in [1.82, 2.24) is 10.2 Å². The molecule has 1 amide bonds. The van der Waals surface area contributed by atoms with Crippen molar-refractivity contribution in [3.63, 3.8) is 0 Å². The summed E-state index contributed by atoms with van der Waals surface area (Å²) < 4.78 is 5.52. The topological polar surface area (TPSA) is 44.8 Å². The van der Waals surface area contributed by atoms with Crippen molar-refractivity contribution < 1.29 is 9.53 Å². The molecule has 1 aliphatic rings. The van der Waals surface area contributed by atoms with Crippen molar-refractivity contribution >= 4 is 11.6 Å². The molecule has 0 spiro atoms. The number of methoxy groups -OCH3 is 1. The van der Waals surface area contributed by atoms with Crippen LogP contribution in [0.15, 0.2) is 54.6 Å². The van der Waals surface area contributed by atoms with Gasteiger partial charge in [0.05, 0.1) is 18.7 Å². The maximum atomic E-state index is 12.9. The molecule has 1 unspecified atom stereocenters. The number of amides is 1. The Hall–Kier alpha value is -2.53. The average Bonchev–Trinajstić information content (AvgIpc) is 2.76. The minimum Gasteiger partial charge on any atom is -0.495 e. The fraction of sp³-hybridized carbons (Fsp3) is 0.458. The Kier molecular flexibility index (Phi) is 7.53. The van der Waals surface area contributed by atoms with E-state index in [2.05, 4.69) is 53.2 Å². The zero-order valence-electron chi connectivity index (χ0n) is 17.8. The number of nitrogens with one attached hydrogen (secondary N) is 1. The Balaban J connectivity index is 1.64. The number of hydrogen-bond acceptors (Lipinski definition) is 4. The fourth-order valence-corrected chi connectivity index (χ4v) is 3.77. The van der Waals surface area contributed by atoms with Gasteiger partial charge in [0.2, 0.25) is 5.91 Å². The molecular weight excluding hydrogens is 362 g/mol. The molecule has 1 atom stereocenters. The quantitative estimate of drug-likeness (QED) is 0.744. The number of piperazine rings is 1. The van der Waals surface area contributed by atoms with Gasteiger partial charge in [-0.25, -0.2) is 0 Å². The van der Waals surface area contributed by atoms with Crippen LogP contribution in [0.2, 0.25) is 0 Å². The smallest absolute Gasteiger partial charge is 0.228 e. The number of carbonyl (C=O) groups excluding carboxylic acids is 1. The van der Waals surface area contributed by atoms with Crippen molar-refractivity contribution in [3.05, 3.63) is 60.2 Å². The van der Waals surface area contributed by atoms with E-state index in [1.54, 1.807) is 7.11 Å². The molecule has 5 nitrogen and oxygen atoms in total. The zero-order valence-corrected chi connectivity index (χ0v) is 17.8. The molecule has 5 heteroatoms. The Bertz CT molecular complexity index is 771. The van der Waals surface area contributed by atoms with Gasteiger partial charge in [0, 0.05) is 39.3 Å². The Morgan fingerprint density at radius 3 is 2.31 bits per heavy atom. The highest BCUT2D eigenvalue weighted by molar-refractivity contribution is 5.83. The maximum absolute atomic E-state index is 12.9. The van der Waals surface area contributed by atoms with Gasteiger partial charge < -0.3 is 15.0 Å². The molecule has 0 aromatic heterocycles. The van der Waals surface area contributed by atoms with Crippen molar-refractivity contribution in [3.8, 4) is 5.75 Å². The van der Waals surface area contributed by atoms with Crippen LogP contribution in [0, 0.1) is 5.92 Å². The van der Waals surface area contributed by atoms with Crippen LogP contribution in [-0.2, 0) is 4.79 Å². The third-order valence-corrected chi connectivity index (χ3v) is 5.44. The van der Waals surface area contributed by atoms with E-state index >= 15 is 0 Å². The second-order valence-electron chi connectivity index (χ2n) is 8.06. The van der Waals surface area contributed by atoms with Crippen LogP contribution in [0.5, 0.6) is 5.75 Å². The molecule has 1 fully saturated rings. The summed E-state index contributed by atoms with van der Waals surface area (Å²) in [4.78, 5) is 17.7. The van der Waals surface area contributed by atoms with Crippen LogP contribution in [0.4, 0.5) is 5.69 Å². The lowest BCUT2D eigenvalue weighted by molar-refractivity contribution is -0.123. The highest BCUT2D eigenvalue weighted by atomic mass is 16.5. The molecule has 3 rings (SSSR count). The second-order valence-corrected chi connectivity index (χ2v) is 8.06. The lowest BCUT2D eigenvalue weighted by Gasteiger charge is -2.38. The highest BCUT2D eigenvalue weighted by Gasteiger charge is 2.26. The lowest BCUT2D eigenvalue weighted by Crippen LogP contribution is -2.49. The Morgan fingerprint density at radius 2 is 1.66 bits per heavy atom. The molecule has 1 N–H and O–H groups in total. The van der Waals surface area contributed by atoms with E-state index in [0.29, 0.717) is 12.5 Å². The minimum atomic E-state index is -0.146. The summed E-state index contributed by atoms with van der Waals surface area (Å²) in [6, 6.07) is 18.3. The molecule has 2 aromatic rings. The average molecular weight is 396 g/mol.